The molecule has 0 bridgehead atoms. The Balaban J connectivity index is 1.52. The highest BCUT2D eigenvalue weighted by atomic mass is 15.3. The summed E-state index contributed by atoms with van der Waals surface area (Å²) in [5.41, 5.74) is 2.63. The molecule has 1 aromatic rings. The van der Waals surface area contributed by atoms with Crippen LogP contribution in [0.1, 0.15) is 26.7 Å². The third-order valence-electron chi connectivity index (χ3n) is 4.57. The van der Waals surface area contributed by atoms with Crippen molar-refractivity contribution in [1.29, 1.82) is 0 Å². The normalized spacial score (nSPS) is 20.4. The Kier molecular flexibility index (Phi) is 4.16. The van der Waals surface area contributed by atoms with Gasteiger partial charge in [-0.1, -0.05) is 0 Å². The lowest BCUT2D eigenvalue weighted by Crippen LogP contribution is -2.48. The number of rotatable bonds is 5. The van der Waals surface area contributed by atoms with Crippen LogP contribution in [0.2, 0.25) is 0 Å². The van der Waals surface area contributed by atoms with Gasteiger partial charge in [-0.2, -0.15) is 0 Å². The molecule has 0 amide bonds. The van der Waals surface area contributed by atoms with Gasteiger partial charge < -0.3 is 10.2 Å². The van der Waals surface area contributed by atoms with Gasteiger partial charge in [-0.15, -0.1) is 0 Å². The van der Waals surface area contributed by atoms with Gasteiger partial charge in [-0.05, 0) is 56.9 Å². The Bertz CT molecular complexity index is 414. The number of anilines is 2. The van der Waals surface area contributed by atoms with Crippen molar-refractivity contribution in [1.82, 2.24) is 4.90 Å². The van der Waals surface area contributed by atoms with Crippen molar-refractivity contribution in [2.45, 2.75) is 32.7 Å². The highest BCUT2D eigenvalue weighted by molar-refractivity contribution is 5.55. The number of piperazine rings is 1. The van der Waals surface area contributed by atoms with Crippen molar-refractivity contribution in [3.8, 4) is 0 Å². The minimum Gasteiger partial charge on any atom is -0.385 e. The van der Waals surface area contributed by atoms with E-state index < -0.39 is 0 Å². The lowest BCUT2D eigenvalue weighted by molar-refractivity contribution is 0.209. The van der Waals surface area contributed by atoms with E-state index in [2.05, 4.69) is 53.2 Å². The zero-order chi connectivity index (χ0) is 13.9. The second kappa shape index (κ2) is 6.04. The number of nitrogens with zero attached hydrogens (tertiary/aromatic N) is 2. The molecule has 1 heterocycles. The molecule has 0 unspecified atom stereocenters. The van der Waals surface area contributed by atoms with Gasteiger partial charge in [0, 0.05) is 50.1 Å². The monoisotopic (exact) mass is 273 g/mol. The van der Waals surface area contributed by atoms with E-state index in [1.54, 1.807) is 0 Å². The summed E-state index contributed by atoms with van der Waals surface area (Å²) < 4.78 is 0. The first kappa shape index (κ1) is 13.7. The van der Waals surface area contributed by atoms with Crippen LogP contribution >= 0.6 is 0 Å². The SMILES string of the molecule is CC(C)N1CCN(c2ccc(NCC3CC3)cc2)CC1. The standard InChI is InChI=1S/C17H27N3/c1-14(2)19-9-11-20(12-10-19)17-7-5-16(6-8-17)18-13-15-3-4-15/h5-8,14-15,18H,3-4,9-13H2,1-2H3. The largest absolute Gasteiger partial charge is 0.385 e. The van der Waals surface area contributed by atoms with Crippen molar-refractivity contribution >= 4 is 11.4 Å². The van der Waals surface area contributed by atoms with E-state index in [9.17, 15) is 0 Å². The number of hydrogen-bond donors (Lipinski definition) is 1. The lowest BCUT2D eigenvalue weighted by Gasteiger charge is -2.38. The Labute approximate surface area is 123 Å². The minimum absolute atomic E-state index is 0.672. The Morgan fingerprint density at radius 3 is 2.25 bits per heavy atom. The predicted molar refractivity (Wildman–Crippen MR) is 86.6 cm³/mol. The fourth-order valence-corrected chi connectivity index (χ4v) is 2.87. The summed E-state index contributed by atoms with van der Waals surface area (Å²) in [5.74, 6) is 0.929. The number of benzene rings is 1. The molecule has 0 atom stereocenters. The maximum absolute atomic E-state index is 3.53. The first-order valence-electron chi connectivity index (χ1n) is 8.05. The summed E-state index contributed by atoms with van der Waals surface area (Å²) in [5, 5.41) is 3.53. The van der Waals surface area contributed by atoms with Gasteiger partial charge >= 0.3 is 0 Å². The van der Waals surface area contributed by atoms with Crippen LogP contribution in [0.3, 0.4) is 0 Å². The van der Waals surface area contributed by atoms with E-state index in [4.69, 9.17) is 0 Å². The van der Waals surface area contributed by atoms with Gasteiger partial charge in [0.25, 0.3) is 0 Å². The predicted octanol–water partition coefficient (Wildman–Crippen LogP) is 3.04. The van der Waals surface area contributed by atoms with Crippen LogP contribution in [0.15, 0.2) is 24.3 Å². The fraction of sp³-hybridized carbons (Fsp3) is 0.647. The van der Waals surface area contributed by atoms with Crippen LogP contribution in [0, 0.1) is 5.92 Å². The summed E-state index contributed by atoms with van der Waals surface area (Å²) in [7, 11) is 0. The third kappa shape index (κ3) is 3.45. The van der Waals surface area contributed by atoms with Crippen LogP contribution in [-0.4, -0.2) is 43.7 Å². The molecule has 3 heteroatoms. The summed E-state index contributed by atoms with van der Waals surface area (Å²) in [4.78, 5) is 5.06. The molecule has 1 aromatic carbocycles. The summed E-state index contributed by atoms with van der Waals surface area (Å²) in [6.45, 7) is 10.4. The van der Waals surface area contributed by atoms with Crippen molar-refractivity contribution in [3.05, 3.63) is 24.3 Å². The second-order valence-electron chi connectivity index (χ2n) is 6.49. The van der Waals surface area contributed by atoms with Gasteiger partial charge in [0.15, 0.2) is 0 Å². The summed E-state index contributed by atoms with van der Waals surface area (Å²) in [6, 6.07) is 9.66. The molecule has 20 heavy (non-hydrogen) atoms. The first-order chi connectivity index (χ1) is 9.72. The molecule has 3 rings (SSSR count). The van der Waals surface area contributed by atoms with Crippen LogP contribution < -0.4 is 10.2 Å². The molecular weight excluding hydrogens is 246 g/mol. The topological polar surface area (TPSA) is 18.5 Å². The highest BCUT2D eigenvalue weighted by Crippen LogP contribution is 2.29. The minimum atomic E-state index is 0.672. The molecule has 3 nitrogen and oxygen atoms in total. The van der Waals surface area contributed by atoms with Gasteiger partial charge in [0.1, 0.15) is 0 Å². The Morgan fingerprint density at radius 1 is 1.05 bits per heavy atom. The molecule has 0 spiro atoms. The van der Waals surface area contributed by atoms with Gasteiger partial charge in [0.05, 0.1) is 0 Å². The maximum atomic E-state index is 3.53. The third-order valence-corrected chi connectivity index (χ3v) is 4.57. The lowest BCUT2D eigenvalue weighted by atomic mass is 10.2. The van der Waals surface area contributed by atoms with E-state index in [1.165, 1.54) is 37.3 Å². The zero-order valence-electron chi connectivity index (χ0n) is 12.8. The molecule has 1 aliphatic heterocycles. The van der Waals surface area contributed by atoms with Crippen LogP contribution in [0.5, 0.6) is 0 Å². The van der Waals surface area contributed by atoms with E-state index in [0.717, 1.165) is 25.6 Å². The van der Waals surface area contributed by atoms with Gasteiger partial charge in [0.2, 0.25) is 0 Å². The molecule has 110 valence electrons. The Hall–Kier alpha value is -1.22. The molecule has 2 fully saturated rings. The van der Waals surface area contributed by atoms with Crippen molar-refractivity contribution in [2.75, 3.05) is 42.9 Å². The average molecular weight is 273 g/mol. The quantitative estimate of drug-likeness (QED) is 0.889. The fourth-order valence-electron chi connectivity index (χ4n) is 2.87. The molecule has 1 aliphatic carbocycles. The smallest absolute Gasteiger partial charge is 0.0368 e. The van der Waals surface area contributed by atoms with Gasteiger partial charge in [-0.25, -0.2) is 0 Å². The first-order valence-corrected chi connectivity index (χ1v) is 8.05. The summed E-state index contributed by atoms with van der Waals surface area (Å²) >= 11 is 0. The van der Waals surface area contributed by atoms with Crippen molar-refractivity contribution in [3.63, 3.8) is 0 Å². The second-order valence-corrected chi connectivity index (χ2v) is 6.49. The maximum Gasteiger partial charge on any atom is 0.0368 e. The molecule has 1 saturated heterocycles. The number of hydrogen-bond acceptors (Lipinski definition) is 3. The zero-order valence-corrected chi connectivity index (χ0v) is 12.8. The van der Waals surface area contributed by atoms with Crippen molar-refractivity contribution in [2.24, 2.45) is 5.92 Å². The molecular formula is C17H27N3. The number of nitrogens with one attached hydrogen (secondary N) is 1. The summed E-state index contributed by atoms with van der Waals surface area (Å²) in [6.07, 6.45) is 2.82. The van der Waals surface area contributed by atoms with E-state index in [0.29, 0.717) is 6.04 Å². The highest BCUT2D eigenvalue weighted by Gasteiger charge is 2.21. The molecule has 0 radical (unpaired) electrons. The van der Waals surface area contributed by atoms with E-state index >= 15 is 0 Å². The van der Waals surface area contributed by atoms with E-state index in [-0.39, 0.29) is 0 Å². The molecule has 2 aliphatic rings. The molecule has 1 saturated carbocycles. The van der Waals surface area contributed by atoms with Crippen LogP contribution in [0.25, 0.3) is 0 Å². The average Bonchev–Trinajstić information content (AvgIpc) is 3.30. The molecule has 0 aromatic heterocycles. The van der Waals surface area contributed by atoms with E-state index in [1.807, 2.05) is 0 Å². The Morgan fingerprint density at radius 2 is 1.70 bits per heavy atom. The molecule has 1 N–H and O–H groups in total. The van der Waals surface area contributed by atoms with Gasteiger partial charge in [-0.3, -0.25) is 4.90 Å². The van der Waals surface area contributed by atoms with Crippen LogP contribution in [-0.2, 0) is 0 Å². The van der Waals surface area contributed by atoms with Crippen LogP contribution in [0.4, 0.5) is 11.4 Å². The van der Waals surface area contributed by atoms with Crippen molar-refractivity contribution < 1.29 is 0 Å².